The normalized spacial score (nSPS) is 11.7. The van der Waals surface area contributed by atoms with Gasteiger partial charge < -0.3 is 19.1 Å². The van der Waals surface area contributed by atoms with Gasteiger partial charge in [-0.2, -0.15) is 0 Å². The van der Waals surface area contributed by atoms with Crippen LogP contribution >= 0.6 is 11.8 Å². The summed E-state index contributed by atoms with van der Waals surface area (Å²) in [7, 11) is 6.52. The number of fused-ring (bicyclic) bond motifs is 1. The number of aliphatic carboxylic acids is 1. The quantitative estimate of drug-likeness (QED) is 0.292. The number of thioether (sulfide) groups is 1. The van der Waals surface area contributed by atoms with Crippen molar-refractivity contribution in [2.24, 2.45) is 14.1 Å². The molecule has 0 atom stereocenters. The summed E-state index contributed by atoms with van der Waals surface area (Å²) in [5.74, 6) is 0.692. The highest BCUT2D eigenvalue weighted by molar-refractivity contribution is 8.04. The standard InChI is InChI=1S/C24H25N5O5S/c1-6-29-21(15-11-16(33-4)13-17(12-15)34-5)25-26-23(29)35-20(22(30)31)10-14-7-8-18-19(9-14)28(3)24(32)27(18)2/h7-13H,6H2,1-5H3,(H,30,31)/b20-10-. The first-order valence-corrected chi connectivity index (χ1v) is 11.5. The Balaban J connectivity index is 1.73. The van der Waals surface area contributed by atoms with Crippen LogP contribution in [0.3, 0.4) is 0 Å². The van der Waals surface area contributed by atoms with Gasteiger partial charge in [-0.15, -0.1) is 10.2 Å². The number of aromatic nitrogens is 5. The van der Waals surface area contributed by atoms with Gasteiger partial charge in [-0.3, -0.25) is 9.13 Å². The molecule has 0 aliphatic rings. The average molecular weight is 496 g/mol. The number of hydrogen-bond donors (Lipinski definition) is 1. The molecule has 0 saturated heterocycles. The molecule has 0 spiro atoms. The van der Waals surface area contributed by atoms with Crippen LogP contribution in [-0.2, 0) is 25.4 Å². The summed E-state index contributed by atoms with van der Waals surface area (Å²) in [6.07, 6.45) is 1.56. The van der Waals surface area contributed by atoms with Crippen LogP contribution in [0.4, 0.5) is 0 Å². The number of hydrogen-bond acceptors (Lipinski definition) is 7. The van der Waals surface area contributed by atoms with Gasteiger partial charge in [0.1, 0.15) is 16.4 Å². The summed E-state index contributed by atoms with van der Waals surface area (Å²) in [6.45, 7) is 2.46. The molecule has 0 bridgehead atoms. The fourth-order valence-corrected chi connectivity index (χ4v) is 4.68. The second-order valence-electron chi connectivity index (χ2n) is 7.72. The Kier molecular flexibility index (Phi) is 6.70. The Morgan fingerprint density at radius 3 is 2.29 bits per heavy atom. The second-order valence-corrected chi connectivity index (χ2v) is 8.73. The lowest BCUT2D eigenvalue weighted by Crippen LogP contribution is -2.19. The maximum Gasteiger partial charge on any atom is 0.342 e. The highest BCUT2D eigenvalue weighted by Gasteiger charge is 2.19. The van der Waals surface area contributed by atoms with Gasteiger partial charge in [0.05, 0.1) is 25.3 Å². The second kappa shape index (κ2) is 9.71. The highest BCUT2D eigenvalue weighted by Crippen LogP contribution is 2.33. The maximum absolute atomic E-state index is 12.2. The predicted octanol–water partition coefficient (Wildman–Crippen LogP) is 3.39. The largest absolute Gasteiger partial charge is 0.497 e. The van der Waals surface area contributed by atoms with Crippen LogP contribution in [0, 0.1) is 0 Å². The Morgan fingerprint density at radius 1 is 1.03 bits per heavy atom. The summed E-state index contributed by atoms with van der Waals surface area (Å²) >= 11 is 1.01. The molecule has 10 nitrogen and oxygen atoms in total. The zero-order valence-corrected chi connectivity index (χ0v) is 20.8. The Morgan fingerprint density at radius 2 is 1.69 bits per heavy atom. The van der Waals surface area contributed by atoms with Crippen molar-refractivity contribution in [2.75, 3.05) is 14.2 Å². The predicted molar refractivity (Wildman–Crippen MR) is 134 cm³/mol. The fourth-order valence-electron chi connectivity index (χ4n) is 3.80. The van der Waals surface area contributed by atoms with E-state index in [4.69, 9.17) is 9.47 Å². The molecule has 1 N–H and O–H groups in total. The monoisotopic (exact) mass is 495 g/mol. The molecule has 0 saturated carbocycles. The number of rotatable bonds is 8. The number of carboxylic acid groups (broad SMARTS) is 1. The molecule has 2 aromatic heterocycles. The molecule has 11 heteroatoms. The van der Waals surface area contributed by atoms with Gasteiger partial charge in [-0.25, -0.2) is 9.59 Å². The van der Waals surface area contributed by atoms with Crippen LogP contribution in [0.5, 0.6) is 11.5 Å². The zero-order valence-electron chi connectivity index (χ0n) is 20.0. The van der Waals surface area contributed by atoms with Gasteiger partial charge in [0.15, 0.2) is 11.0 Å². The lowest BCUT2D eigenvalue weighted by molar-refractivity contribution is -0.131. The number of carbonyl (C=O) groups is 1. The molecule has 0 aliphatic carbocycles. The molecule has 0 unspecified atom stereocenters. The van der Waals surface area contributed by atoms with Crippen LogP contribution in [-0.4, -0.2) is 49.2 Å². The van der Waals surface area contributed by atoms with Crippen LogP contribution in [0.15, 0.2) is 51.3 Å². The molecular weight excluding hydrogens is 470 g/mol. The van der Waals surface area contributed by atoms with E-state index in [2.05, 4.69) is 10.2 Å². The number of imidazole rings is 1. The van der Waals surface area contributed by atoms with Gasteiger partial charge in [-0.05, 0) is 54.6 Å². The lowest BCUT2D eigenvalue weighted by Gasteiger charge is -2.10. The van der Waals surface area contributed by atoms with Crippen LogP contribution in [0.2, 0.25) is 0 Å². The Labute approximate surface area is 205 Å². The molecule has 4 rings (SSSR count). The van der Waals surface area contributed by atoms with Crippen molar-refractivity contribution in [1.82, 2.24) is 23.9 Å². The maximum atomic E-state index is 12.2. The smallest absolute Gasteiger partial charge is 0.342 e. The molecule has 182 valence electrons. The van der Waals surface area contributed by atoms with E-state index in [0.29, 0.717) is 40.1 Å². The lowest BCUT2D eigenvalue weighted by atomic mass is 10.2. The van der Waals surface area contributed by atoms with Crippen molar-refractivity contribution >= 4 is 34.8 Å². The third-order valence-corrected chi connectivity index (χ3v) is 6.65. The topological polar surface area (TPSA) is 113 Å². The minimum Gasteiger partial charge on any atom is -0.497 e. The minimum atomic E-state index is -1.09. The van der Waals surface area contributed by atoms with Gasteiger partial charge in [-0.1, -0.05) is 6.07 Å². The van der Waals surface area contributed by atoms with E-state index >= 15 is 0 Å². The van der Waals surface area contributed by atoms with Crippen LogP contribution < -0.4 is 15.2 Å². The van der Waals surface area contributed by atoms with Gasteiger partial charge in [0, 0.05) is 32.3 Å². The summed E-state index contributed by atoms with van der Waals surface area (Å²) < 4.78 is 15.6. The van der Waals surface area contributed by atoms with E-state index in [0.717, 1.165) is 22.8 Å². The van der Waals surface area contributed by atoms with E-state index in [1.54, 1.807) is 63.2 Å². The molecule has 35 heavy (non-hydrogen) atoms. The minimum absolute atomic E-state index is 0.0714. The van der Waals surface area contributed by atoms with E-state index in [1.165, 1.54) is 4.57 Å². The van der Waals surface area contributed by atoms with E-state index in [1.807, 2.05) is 23.6 Å². The average Bonchev–Trinajstić information content (AvgIpc) is 3.37. The molecule has 2 aromatic carbocycles. The fraction of sp³-hybridized carbons (Fsp3) is 0.250. The first-order chi connectivity index (χ1) is 16.8. The molecule has 2 heterocycles. The van der Waals surface area contributed by atoms with Gasteiger partial charge >= 0.3 is 11.7 Å². The van der Waals surface area contributed by atoms with E-state index < -0.39 is 5.97 Å². The van der Waals surface area contributed by atoms with Gasteiger partial charge in [0.25, 0.3) is 0 Å². The number of aryl methyl sites for hydroxylation is 2. The zero-order chi connectivity index (χ0) is 25.3. The van der Waals surface area contributed by atoms with Crippen molar-refractivity contribution in [3.63, 3.8) is 0 Å². The van der Waals surface area contributed by atoms with Crippen molar-refractivity contribution in [3.05, 3.63) is 57.4 Å². The number of methoxy groups -OCH3 is 2. The third kappa shape index (κ3) is 4.54. The molecular formula is C24H25N5O5S. The first-order valence-electron chi connectivity index (χ1n) is 10.7. The third-order valence-electron chi connectivity index (χ3n) is 5.65. The first kappa shape index (κ1) is 24.1. The Hall–Kier alpha value is -3.99. The number of ether oxygens (including phenoxy) is 2. The van der Waals surface area contributed by atoms with Crippen molar-refractivity contribution in [3.8, 4) is 22.9 Å². The highest BCUT2D eigenvalue weighted by atomic mass is 32.2. The summed E-state index contributed by atoms with van der Waals surface area (Å²) in [4.78, 5) is 24.4. The number of carboxylic acids is 1. The van der Waals surface area contributed by atoms with Crippen LogP contribution in [0.1, 0.15) is 12.5 Å². The number of benzene rings is 2. The van der Waals surface area contributed by atoms with Crippen molar-refractivity contribution < 1.29 is 19.4 Å². The van der Waals surface area contributed by atoms with Crippen molar-refractivity contribution in [1.29, 1.82) is 0 Å². The molecule has 0 fully saturated rings. The molecule has 0 radical (unpaired) electrons. The summed E-state index contributed by atoms with van der Waals surface area (Å²) in [5, 5.41) is 18.9. The summed E-state index contributed by atoms with van der Waals surface area (Å²) in [5.41, 5.74) is 2.73. The van der Waals surface area contributed by atoms with Crippen molar-refractivity contribution in [2.45, 2.75) is 18.6 Å². The molecule has 0 amide bonds. The SMILES string of the molecule is CCn1c(S/C(=C\c2ccc3c(c2)n(C)c(=O)n3C)C(=O)O)nnc1-c1cc(OC)cc(OC)c1. The van der Waals surface area contributed by atoms with E-state index in [9.17, 15) is 14.7 Å². The van der Waals surface area contributed by atoms with Gasteiger partial charge in [0.2, 0.25) is 0 Å². The molecule has 0 aliphatic heterocycles. The van der Waals surface area contributed by atoms with Crippen LogP contribution in [0.25, 0.3) is 28.5 Å². The molecule has 4 aromatic rings. The summed E-state index contributed by atoms with van der Waals surface area (Å²) in [6, 6.07) is 10.8. The number of nitrogens with zero attached hydrogens (tertiary/aromatic N) is 5. The van der Waals surface area contributed by atoms with E-state index in [-0.39, 0.29) is 10.6 Å². The Bertz CT molecular complexity index is 1490.